The highest BCUT2D eigenvalue weighted by atomic mass is 32.2. The fourth-order valence-corrected chi connectivity index (χ4v) is 5.12. The molecule has 0 spiro atoms. The summed E-state index contributed by atoms with van der Waals surface area (Å²) in [4.78, 5) is 24.6. The SMILES string of the molecule is COc1ccc2/c(=N\O)cc(C(=O)N3CCN(S(=O)(=O)c4cccc([N+](=O)[O-])c4)CC3)oc2c1. The molecular weight excluding hydrogens is 468 g/mol. The normalized spacial score (nSPS) is 15.4. The zero-order chi connectivity index (χ0) is 24.5. The average Bonchev–Trinajstić information content (AvgIpc) is 2.87. The van der Waals surface area contributed by atoms with Gasteiger partial charge >= 0.3 is 0 Å². The summed E-state index contributed by atoms with van der Waals surface area (Å²) in [6.07, 6.45) is 0. The molecule has 1 N–H and O–H groups in total. The highest BCUT2D eigenvalue weighted by Crippen LogP contribution is 2.23. The molecule has 4 rings (SSSR count). The van der Waals surface area contributed by atoms with Crippen LogP contribution in [0.2, 0.25) is 0 Å². The van der Waals surface area contributed by atoms with E-state index in [1.54, 1.807) is 18.2 Å². The van der Waals surface area contributed by atoms with Gasteiger partial charge in [0.05, 0.1) is 16.9 Å². The lowest BCUT2D eigenvalue weighted by molar-refractivity contribution is -0.385. The number of carbonyl (C=O) groups is 1. The van der Waals surface area contributed by atoms with E-state index in [0.717, 1.165) is 6.07 Å². The Kier molecular flexibility index (Phi) is 6.22. The van der Waals surface area contributed by atoms with Crippen LogP contribution in [0.3, 0.4) is 0 Å². The van der Waals surface area contributed by atoms with Gasteiger partial charge in [-0.2, -0.15) is 4.31 Å². The lowest BCUT2D eigenvalue weighted by Gasteiger charge is -2.33. The quantitative estimate of drug-likeness (QED) is 0.324. The van der Waals surface area contributed by atoms with E-state index in [9.17, 15) is 28.5 Å². The van der Waals surface area contributed by atoms with Crippen molar-refractivity contribution in [1.82, 2.24) is 9.21 Å². The van der Waals surface area contributed by atoms with Crippen molar-refractivity contribution in [2.45, 2.75) is 4.90 Å². The first-order valence-electron chi connectivity index (χ1n) is 10.1. The van der Waals surface area contributed by atoms with E-state index < -0.39 is 20.9 Å². The Morgan fingerprint density at radius 1 is 1.15 bits per heavy atom. The lowest BCUT2D eigenvalue weighted by Crippen LogP contribution is -2.50. The van der Waals surface area contributed by atoms with Crippen LogP contribution in [-0.4, -0.2) is 66.9 Å². The highest BCUT2D eigenvalue weighted by Gasteiger charge is 2.32. The number of hydrogen-bond donors (Lipinski definition) is 1. The Labute approximate surface area is 193 Å². The van der Waals surface area contributed by atoms with E-state index >= 15 is 0 Å². The average molecular weight is 488 g/mol. The number of benzene rings is 2. The van der Waals surface area contributed by atoms with Crippen molar-refractivity contribution < 1.29 is 32.5 Å². The number of fused-ring (bicyclic) bond motifs is 1. The maximum Gasteiger partial charge on any atom is 0.289 e. The van der Waals surface area contributed by atoms with Crippen LogP contribution in [0.4, 0.5) is 5.69 Å². The van der Waals surface area contributed by atoms with E-state index in [1.165, 1.54) is 40.6 Å². The number of sulfonamides is 1. The number of amides is 1. The Morgan fingerprint density at radius 3 is 2.53 bits per heavy atom. The van der Waals surface area contributed by atoms with Crippen LogP contribution >= 0.6 is 0 Å². The number of hydrogen-bond acceptors (Lipinski definition) is 9. The zero-order valence-corrected chi connectivity index (χ0v) is 18.8. The van der Waals surface area contributed by atoms with Gasteiger partial charge in [0, 0.05) is 55.8 Å². The molecule has 0 atom stereocenters. The first kappa shape index (κ1) is 23.2. The minimum Gasteiger partial charge on any atom is -0.497 e. The standard InChI is InChI=1S/C21H20N4O8S/c1-32-15-5-6-17-18(22-27)13-20(33-19(17)12-15)21(26)23-7-9-24(10-8-23)34(30,31)16-4-2-3-14(11-16)25(28)29/h2-6,11-13,27H,7-10H2,1H3/b22-18-. The number of ether oxygens (including phenoxy) is 1. The number of carbonyl (C=O) groups excluding carboxylic acids is 1. The van der Waals surface area contributed by atoms with Crippen LogP contribution in [-0.2, 0) is 10.0 Å². The van der Waals surface area contributed by atoms with Crippen LogP contribution in [0.1, 0.15) is 10.6 Å². The van der Waals surface area contributed by atoms with E-state index in [4.69, 9.17) is 9.15 Å². The van der Waals surface area contributed by atoms with Gasteiger partial charge in [-0.1, -0.05) is 11.2 Å². The van der Waals surface area contributed by atoms with Crippen molar-refractivity contribution >= 4 is 32.6 Å². The van der Waals surface area contributed by atoms with Crippen molar-refractivity contribution in [2.75, 3.05) is 33.3 Å². The molecule has 2 aromatic carbocycles. The second-order valence-electron chi connectivity index (χ2n) is 7.41. The second-order valence-corrected chi connectivity index (χ2v) is 9.35. The summed E-state index contributed by atoms with van der Waals surface area (Å²) in [6.45, 7) is 0.138. The van der Waals surface area contributed by atoms with Crippen LogP contribution < -0.4 is 10.1 Å². The summed E-state index contributed by atoms with van der Waals surface area (Å²) in [7, 11) is -2.49. The maximum atomic E-state index is 13.0. The maximum absolute atomic E-state index is 13.0. The van der Waals surface area contributed by atoms with Gasteiger partial charge in [0.2, 0.25) is 10.0 Å². The molecule has 34 heavy (non-hydrogen) atoms. The summed E-state index contributed by atoms with van der Waals surface area (Å²) in [6, 6.07) is 11.0. The number of nitro benzene ring substituents is 1. The highest BCUT2D eigenvalue weighted by molar-refractivity contribution is 7.89. The molecule has 13 heteroatoms. The van der Waals surface area contributed by atoms with E-state index in [2.05, 4.69) is 5.16 Å². The molecule has 1 aromatic heterocycles. The Hall–Kier alpha value is -3.97. The summed E-state index contributed by atoms with van der Waals surface area (Å²) < 4.78 is 37.9. The number of methoxy groups -OCH3 is 1. The van der Waals surface area contributed by atoms with Crippen molar-refractivity contribution in [1.29, 1.82) is 0 Å². The topological polar surface area (TPSA) is 156 Å². The minimum absolute atomic E-state index is 0.00456. The predicted octanol–water partition coefficient (Wildman–Crippen LogP) is 1.79. The lowest BCUT2D eigenvalue weighted by atomic mass is 10.2. The third kappa shape index (κ3) is 4.30. The number of nitrogens with zero attached hydrogens (tertiary/aromatic N) is 4. The van der Waals surface area contributed by atoms with Crippen LogP contribution in [0.5, 0.6) is 5.75 Å². The third-order valence-electron chi connectivity index (χ3n) is 5.46. The number of rotatable bonds is 5. The molecule has 3 aromatic rings. The first-order chi connectivity index (χ1) is 16.2. The summed E-state index contributed by atoms with van der Waals surface area (Å²) in [5, 5.41) is 24.2. The summed E-state index contributed by atoms with van der Waals surface area (Å²) in [5.74, 6) is -0.0877. The molecule has 2 heterocycles. The van der Waals surface area contributed by atoms with Crippen molar-refractivity contribution in [3.8, 4) is 5.75 Å². The van der Waals surface area contributed by atoms with Crippen LogP contribution in [0.15, 0.2) is 63.0 Å². The molecule has 1 aliphatic rings. The fraction of sp³-hybridized carbons (Fsp3) is 0.238. The minimum atomic E-state index is -3.97. The molecule has 0 radical (unpaired) electrons. The number of nitro groups is 1. The third-order valence-corrected chi connectivity index (χ3v) is 7.36. The van der Waals surface area contributed by atoms with E-state index in [1.807, 2.05) is 0 Å². The van der Waals surface area contributed by atoms with E-state index in [-0.39, 0.29) is 53.5 Å². The molecule has 0 saturated carbocycles. The fourth-order valence-electron chi connectivity index (χ4n) is 3.66. The molecule has 0 unspecified atom stereocenters. The summed E-state index contributed by atoms with van der Waals surface area (Å²) >= 11 is 0. The largest absolute Gasteiger partial charge is 0.497 e. The second kappa shape index (κ2) is 9.11. The molecular formula is C21H20N4O8S. The van der Waals surface area contributed by atoms with Gasteiger partial charge < -0.3 is 19.3 Å². The first-order valence-corrected chi connectivity index (χ1v) is 11.5. The molecule has 1 saturated heterocycles. The summed E-state index contributed by atoms with van der Waals surface area (Å²) in [5.41, 5.74) is -0.0422. The molecule has 1 fully saturated rings. The van der Waals surface area contributed by atoms with Gasteiger partial charge in [-0.15, -0.1) is 0 Å². The van der Waals surface area contributed by atoms with Crippen molar-refractivity contribution in [3.63, 3.8) is 0 Å². The number of piperazine rings is 1. The molecule has 178 valence electrons. The van der Waals surface area contributed by atoms with Gasteiger partial charge in [-0.25, -0.2) is 8.42 Å². The Bertz CT molecular complexity index is 1440. The van der Waals surface area contributed by atoms with Crippen molar-refractivity contribution in [3.05, 3.63) is 69.8 Å². The van der Waals surface area contributed by atoms with Gasteiger partial charge in [0.25, 0.3) is 11.6 Å². The van der Waals surface area contributed by atoms with Gasteiger partial charge in [-0.05, 0) is 18.2 Å². The van der Waals surface area contributed by atoms with E-state index in [0.29, 0.717) is 11.1 Å². The van der Waals surface area contributed by atoms with Gasteiger partial charge in [-0.3, -0.25) is 14.9 Å². The van der Waals surface area contributed by atoms with Crippen molar-refractivity contribution in [2.24, 2.45) is 5.16 Å². The number of non-ortho nitro benzene ring substituents is 1. The monoisotopic (exact) mass is 488 g/mol. The molecule has 0 bridgehead atoms. The smallest absolute Gasteiger partial charge is 0.289 e. The van der Waals surface area contributed by atoms with Crippen LogP contribution in [0.25, 0.3) is 11.0 Å². The molecule has 0 aliphatic carbocycles. The zero-order valence-electron chi connectivity index (χ0n) is 17.9. The molecule has 1 aliphatic heterocycles. The molecule has 1 amide bonds. The van der Waals surface area contributed by atoms with Gasteiger partial charge in [0.15, 0.2) is 5.76 Å². The van der Waals surface area contributed by atoms with Crippen LogP contribution in [0, 0.1) is 10.1 Å². The Balaban J connectivity index is 1.54. The van der Waals surface area contributed by atoms with Gasteiger partial charge in [0.1, 0.15) is 16.7 Å². The molecule has 12 nitrogen and oxygen atoms in total. The predicted molar refractivity (Wildman–Crippen MR) is 118 cm³/mol. The Morgan fingerprint density at radius 2 is 1.88 bits per heavy atom.